The van der Waals surface area contributed by atoms with E-state index in [1.807, 2.05) is 0 Å². The van der Waals surface area contributed by atoms with Gasteiger partial charge in [-0.1, -0.05) is 0 Å². The molecule has 92 valence electrons. The molecule has 0 amide bonds. The molecular formula is C14H26N2. The van der Waals surface area contributed by atoms with E-state index in [4.69, 9.17) is 0 Å². The predicted octanol–water partition coefficient (Wildman–Crippen LogP) is 2.30. The molecule has 2 unspecified atom stereocenters. The maximum Gasteiger partial charge on any atom is 0.0126 e. The normalized spacial score (nSPS) is 32.2. The summed E-state index contributed by atoms with van der Waals surface area (Å²) in [7, 11) is 0. The zero-order valence-corrected chi connectivity index (χ0v) is 10.5. The summed E-state index contributed by atoms with van der Waals surface area (Å²) < 4.78 is 0. The Balaban J connectivity index is 1.44. The van der Waals surface area contributed by atoms with Gasteiger partial charge in [-0.25, -0.2) is 0 Å². The molecule has 2 N–H and O–H groups in total. The van der Waals surface area contributed by atoms with Gasteiger partial charge < -0.3 is 10.6 Å². The highest BCUT2D eigenvalue weighted by atomic mass is 15.0. The Kier molecular flexibility index (Phi) is 3.21. The van der Waals surface area contributed by atoms with E-state index >= 15 is 0 Å². The van der Waals surface area contributed by atoms with Crippen LogP contribution in [0.1, 0.15) is 51.9 Å². The van der Waals surface area contributed by atoms with Crippen LogP contribution in [0.3, 0.4) is 0 Å². The van der Waals surface area contributed by atoms with Crippen molar-refractivity contribution >= 4 is 0 Å². The molecule has 2 aliphatic carbocycles. The van der Waals surface area contributed by atoms with Gasteiger partial charge in [-0.3, -0.25) is 0 Å². The fraction of sp³-hybridized carbons (Fsp3) is 1.00. The van der Waals surface area contributed by atoms with Crippen molar-refractivity contribution in [3.63, 3.8) is 0 Å². The molecule has 2 atom stereocenters. The van der Waals surface area contributed by atoms with Gasteiger partial charge in [0, 0.05) is 18.1 Å². The Hall–Kier alpha value is -0.0800. The standard InChI is InChI=1S/C14H26N2/c1-10(9-13-3-2-8-15-13)16-14(11-4-5-11)12-6-7-12/h10-16H,2-9H2,1H3. The van der Waals surface area contributed by atoms with Gasteiger partial charge in [-0.05, 0) is 70.3 Å². The molecule has 1 aliphatic heterocycles. The Morgan fingerprint density at radius 3 is 2.31 bits per heavy atom. The van der Waals surface area contributed by atoms with Crippen molar-refractivity contribution in [2.75, 3.05) is 6.54 Å². The average molecular weight is 222 g/mol. The first-order chi connectivity index (χ1) is 7.83. The Morgan fingerprint density at radius 2 is 1.81 bits per heavy atom. The topological polar surface area (TPSA) is 24.1 Å². The Morgan fingerprint density at radius 1 is 1.12 bits per heavy atom. The monoisotopic (exact) mass is 222 g/mol. The molecule has 0 aromatic carbocycles. The summed E-state index contributed by atoms with van der Waals surface area (Å²) in [6.45, 7) is 3.63. The SMILES string of the molecule is CC(CC1CCCN1)NC(C1CC1)C1CC1. The van der Waals surface area contributed by atoms with Crippen LogP contribution < -0.4 is 10.6 Å². The Bertz CT molecular complexity index is 215. The smallest absolute Gasteiger partial charge is 0.0126 e. The molecule has 16 heavy (non-hydrogen) atoms. The molecule has 0 aromatic rings. The molecule has 3 rings (SSSR count). The van der Waals surface area contributed by atoms with Crippen molar-refractivity contribution < 1.29 is 0 Å². The fourth-order valence-corrected chi connectivity index (χ4v) is 3.35. The van der Waals surface area contributed by atoms with Crippen LogP contribution >= 0.6 is 0 Å². The van der Waals surface area contributed by atoms with Gasteiger partial charge in [0.25, 0.3) is 0 Å². The van der Waals surface area contributed by atoms with E-state index in [-0.39, 0.29) is 0 Å². The third-order valence-corrected chi connectivity index (χ3v) is 4.54. The molecule has 0 radical (unpaired) electrons. The summed E-state index contributed by atoms with van der Waals surface area (Å²) in [5, 5.41) is 7.54. The molecule has 1 saturated heterocycles. The molecule has 3 aliphatic rings. The average Bonchev–Trinajstić information content (AvgIpc) is 3.17. The molecular weight excluding hydrogens is 196 g/mol. The third kappa shape index (κ3) is 2.78. The highest BCUT2D eigenvalue weighted by molar-refractivity contribution is 4.97. The number of nitrogens with one attached hydrogen (secondary N) is 2. The van der Waals surface area contributed by atoms with Gasteiger partial charge in [0.2, 0.25) is 0 Å². The minimum atomic E-state index is 0.710. The number of hydrogen-bond acceptors (Lipinski definition) is 2. The first-order valence-electron chi connectivity index (χ1n) is 7.32. The van der Waals surface area contributed by atoms with Crippen LogP contribution in [-0.2, 0) is 0 Å². The third-order valence-electron chi connectivity index (χ3n) is 4.54. The van der Waals surface area contributed by atoms with Gasteiger partial charge in [0.15, 0.2) is 0 Å². The lowest BCUT2D eigenvalue weighted by molar-refractivity contribution is 0.342. The molecule has 2 nitrogen and oxygen atoms in total. The molecule has 0 aromatic heterocycles. The second-order valence-electron chi connectivity index (χ2n) is 6.30. The summed E-state index contributed by atoms with van der Waals surface area (Å²) in [6, 6.07) is 2.37. The van der Waals surface area contributed by atoms with E-state index in [2.05, 4.69) is 17.6 Å². The van der Waals surface area contributed by atoms with Gasteiger partial charge in [-0.2, -0.15) is 0 Å². The quantitative estimate of drug-likeness (QED) is 0.720. The minimum absolute atomic E-state index is 0.710. The maximum atomic E-state index is 3.93. The van der Waals surface area contributed by atoms with Crippen LogP contribution in [0.15, 0.2) is 0 Å². The molecule has 0 bridgehead atoms. The highest BCUT2D eigenvalue weighted by Gasteiger charge is 2.41. The second-order valence-corrected chi connectivity index (χ2v) is 6.30. The van der Waals surface area contributed by atoms with Gasteiger partial charge in [-0.15, -0.1) is 0 Å². The minimum Gasteiger partial charge on any atom is -0.314 e. The van der Waals surface area contributed by atoms with Gasteiger partial charge in [0.1, 0.15) is 0 Å². The van der Waals surface area contributed by atoms with E-state index in [0.29, 0.717) is 6.04 Å². The van der Waals surface area contributed by atoms with Crippen LogP contribution in [0.4, 0.5) is 0 Å². The zero-order chi connectivity index (χ0) is 11.0. The lowest BCUT2D eigenvalue weighted by Crippen LogP contribution is -2.42. The summed E-state index contributed by atoms with van der Waals surface area (Å²) >= 11 is 0. The number of hydrogen-bond donors (Lipinski definition) is 2. The van der Waals surface area contributed by atoms with Crippen molar-refractivity contribution in [3.8, 4) is 0 Å². The molecule has 2 heteroatoms. The van der Waals surface area contributed by atoms with Crippen molar-refractivity contribution in [1.82, 2.24) is 10.6 Å². The molecule has 2 saturated carbocycles. The zero-order valence-electron chi connectivity index (χ0n) is 10.5. The largest absolute Gasteiger partial charge is 0.314 e. The van der Waals surface area contributed by atoms with Crippen molar-refractivity contribution in [3.05, 3.63) is 0 Å². The van der Waals surface area contributed by atoms with Gasteiger partial charge >= 0.3 is 0 Å². The first-order valence-corrected chi connectivity index (χ1v) is 7.32. The van der Waals surface area contributed by atoms with Crippen LogP contribution in [0.2, 0.25) is 0 Å². The van der Waals surface area contributed by atoms with Gasteiger partial charge in [0.05, 0.1) is 0 Å². The van der Waals surface area contributed by atoms with Crippen molar-refractivity contribution in [2.24, 2.45) is 11.8 Å². The lowest BCUT2D eigenvalue weighted by Gasteiger charge is -2.25. The lowest BCUT2D eigenvalue weighted by atomic mass is 10.0. The fourth-order valence-electron chi connectivity index (χ4n) is 3.35. The molecule has 3 fully saturated rings. The molecule has 0 spiro atoms. The van der Waals surface area contributed by atoms with Crippen molar-refractivity contribution in [2.45, 2.75) is 70.0 Å². The van der Waals surface area contributed by atoms with Crippen LogP contribution in [0.25, 0.3) is 0 Å². The summed E-state index contributed by atoms with van der Waals surface area (Å²) in [5.74, 6) is 2.07. The maximum absolute atomic E-state index is 3.93. The van der Waals surface area contributed by atoms with Crippen LogP contribution in [0, 0.1) is 11.8 Å². The predicted molar refractivity (Wildman–Crippen MR) is 67.5 cm³/mol. The highest BCUT2D eigenvalue weighted by Crippen LogP contribution is 2.44. The molecule has 1 heterocycles. The van der Waals surface area contributed by atoms with E-state index in [1.165, 1.54) is 51.5 Å². The summed E-state index contributed by atoms with van der Waals surface area (Å²) in [4.78, 5) is 0. The first kappa shape index (κ1) is 11.0. The summed E-state index contributed by atoms with van der Waals surface area (Å²) in [5.41, 5.74) is 0. The van der Waals surface area contributed by atoms with Crippen LogP contribution in [0.5, 0.6) is 0 Å². The van der Waals surface area contributed by atoms with E-state index in [9.17, 15) is 0 Å². The second kappa shape index (κ2) is 4.66. The van der Waals surface area contributed by atoms with E-state index in [1.54, 1.807) is 0 Å². The van der Waals surface area contributed by atoms with Crippen molar-refractivity contribution in [1.29, 1.82) is 0 Å². The van der Waals surface area contributed by atoms with E-state index < -0.39 is 0 Å². The Labute approximate surface area is 99.6 Å². The van der Waals surface area contributed by atoms with Crippen LogP contribution in [-0.4, -0.2) is 24.7 Å². The summed E-state index contributed by atoms with van der Waals surface area (Å²) in [6.07, 6.45) is 10.1. The number of rotatable bonds is 6. The van der Waals surface area contributed by atoms with E-state index in [0.717, 1.165) is 23.9 Å².